The zero-order chi connectivity index (χ0) is 15.8. The molecule has 1 aromatic carbocycles. The standard InChI is InChI=1S/C15H21N3O4.ClH/c1-21-12-4-2-11(3-5-12)14(19)17-6-7-18-15(20)13-10-22-9-8-16-13;/h2-5,13,16H,6-10H2,1H3,(H,17,19)(H,18,20);1H. The first kappa shape index (κ1) is 19.2. The third-order valence-electron chi connectivity index (χ3n) is 3.30. The van der Waals surface area contributed by atoms with Gasteiger partial charge in [0.15, 0.2) is 0 Å². The minimum absolute atomic E-state index is 0. The van der Waals surface area contributed by atoms with Crippen LogP contribution in [0.3, 0.4) is 0 Å². The van der Waals surface area contributed by atoms with E-state index in [0.717, 1.165) is 0 Å². The quantitative estimate of drug-likeness (QED) is 0.630. The topological polar surface area (TPSA) is 88.7 Å². The van der Waals surface area contributed by atoms with Crippen molar-refractivity contribution in [3.8, 4) is 5.75 Å². The zero-order valence-electron chi connectivity index (χ0n) is 13.0. The van der Waals surface area contributed by atoms with Crippen LogP contribution in [0.2, 0.25) is 0 Å². The van der Waals surface area contributed by atoms with E-state index in [2.05, 4.69) is 16.0 Å². The van der Waals surface area contributed by atoms with Crippen LogP contribution in [0.15, 0.2) is 24.3 Å². The van der Waals surface area contributed by atoms with Crippen molar-refractivity contribution in [1.82, 2.24) is 16.0 Å². The Labute approximate surface area is 141 Å². The SMILES string of the molecule is COc1ccc(C(=O)NCCNC(=O)C2COCCN2)cc1.Cl. The van der Waals surface area contributed by atoms with E-state index in [-0.39, 0.29) is 30.3 Å². The highest BCUT2D eigenvalue weighted by Crippen LogP contribution is 2.10. The molecule has 1 fully saturated rings. The fourth-order valence-corrected chi connectivity index (χ4v) is 2.06. The number of morpholine rings is 1. The molecule has 23 heavy (non-hydrogen) atoms. The van der Waals surface area contributed by atoms with E-state index in [9.17, 15) is 9.59 Å². The number of halogens is 1. The first-order valence-corrected chi connectivity index (χ1v) is 7.22. The van der Waals surface area contributed by atoms with Crippen LogP contribution in [0.25, 0.3) is 0 Å². The lowest BCUT2D eigenvalue weighted by Gasteiger charge is -2.22. The van der Waals surface area contributed by atoms with E-state index < -0.39 is 0 Å². The molecular weight excluding hydrogens is 322 g/mol. The number of hydrogen-bond acceptors (Lipinski definition) is 5. The number of hydrogen-bond donors (Lipinski definition) is 3. The number of rotatable bonds is 6. The predicted molar refractivity (Wildman–Crippen MR) is 88.2 cm³/mol. The molecule has 7 nitrogen and oxygen atoms in total. The van der Waals surface area contributed by atoms with Gasteiger partial charge in [-0.05, 0) is 24.3 Å². The van der Waals surface area contributed by atoms with E-state index in [4.69, 9.17) is 9.47 Å². The highest BCUT2D eigenvalue weighted by Gasteiger charge is 2.20. The maximum Gasteiger partial charge on any atom is 0.251 e. The number of carbonyl (C=O) groups is 2. The third kappa shape index (κ3) is 6.05. The maximum atomic E-state index is 11.9. The van der Waals surface area contributed by atoms with Crippen LogP contribution < -0.4 is 20.7 Å². The van der Waals surface area contributed by atoms with E-state index in [1.165, 1.54) is 0 Å². The first-order valence-electron chi connectivity index (χ1n) is 7.22. The van der Waals surface area contributed by atoms with Crippen molar-refractivity contribution in [2.75, 3.05) is 40.0 Å². The molecule has 2 amide bonds. The summed E-state index contributed by atoms with van der Waals surface area (Å²) in [5, 5.41) is 8.58. The average molecular weight is 344 g/mol. The van der Waals surface area contributed by atoms with E-state index in [1.807, 2.05) is 0 Å². The summed E-state index contributed by atoms with van der Waals surface area (Å²) in [4.78, 5) is 23.7. The first-order chi connectivity index (χ1) is 10.7. The maximum absolute atomic E-state index is 11.9. The Morgan fingerprint density at radius 3 is 2.57 bits per heavy atom. The Balaban J connectivity index is 0.00000264. The summed E-state index contributed by atoms with van der Waals surface area (Å²) < 4.78 is 10.3. The van der Waals surface area contributed by atoms with Gasteiger partial charge in [0.25, 0.3) is 5.91 Å². The molecule has 1 aliphatic rings. The van der Waals surface area contributed by atoms with Crippen molar-refractivity contribution in [3.05, 3.63) is 29.8 Å². The van der Waals surface area contributed by atoms with Crippen LogP contribution in [-0.2, 0) is 9.53 Å². The molecule has 1 saturated heterocycles. The number of nitrogens with one attached hydrogen (secondary N) is 3. The van der Waals surface area contributed by atoms with Gasteiger partial charge in [0.1, 0.15) is 11.8 Å². The molecule has 2 rings (SSSR count). The van der Waals surface area contributed by atoms with Gasteiger partial charge in [-0.1, -0.05) is 0 Å². The van der Waals surface area contributed by atoms with Gasteiger partial charge in [0.2, 0.25) is 5.91 Å². The molecule has 1 atom stereocenters. The number of benzene rings is 1. The fraction of sp³-hybridized carbons (Fsp3) is 0.467. The molecule has 3 N–H and O–H groups in total. The predicted octanol–water partition coefficient (Wildman–Crippen LogP) is -0.0486. The summed E-state index contributed by atoms with van der Waals surface area (Å²) in [6.45, 7) is 2.42. The van der Waals surface area contributed by atoms with Crippen molar-refractivity contribution >= 4 is 24.2 Å². The smallest absolute Gasteiger partial charge is 0.251 e. The van der Waals surface area contributed by atoms with Crippen LogP contribution in [0.4, 0.5) is 0 Å². The number of amides is 2. The van der Waals surface area contributed by atoms with E-state index >= 15 is 0 Å². The van der Waals surface area contributed by atoms with Gasteiger partial charge in [-0.3, -0.25) is 9.59 Å². The molecule has 1 aliphatic heterocycles. The van der Waals surface area contributed by atoms with Crippen LogP contribution in [0.1, 0.15) is 10.4 Å². The molecule has 128 valence electrons. The summed E-state index contributed by atoms with van der Waals surface area (Å²) in [6.07, 6.45) is 0. The van der Waals surface area contributed by atoms with Crippen molar-refractivity contribution in [2.45, 2.75) is 6.04 Å². The molecule has 0 aromatic heterocycles. The van der Waals surface area contributed by atoms with Crippen molar-refractivity contribution in [2.24, 2.45) is 0 Å². The Bertz CT molecular complexity index is 504. The third-order valence-corrected chi connectivity index (χ3v) is 3.30. The molecule has 0 saturated carbocycles. The molecule has 0 spiro atoms. The highest BCUT2D eigenvalue weighted by atomic mass is 35.5. The zero-order valence-corrected chi connectivity index (χ0v) is 13.8. The fourth-order valence-electron chi connectivity index (χ4n) is 2.06. The number of methoxy groups -OCH3 is 1. The molecule has 8 heteroatoms. The van der Waals surface area contributed by atoms with Gasteiger partial charge in [0.05, 0.1) is 20.3 Å². The monoisotopic (exact) mass is 343 g/mol. The van der Waals surface area contributed by atoms with Crippen LogP contribution in [-0.4, -0.2) is 57.8 Å². The summed E-state index contributed by atoms with van der Waals surface area (Å²) in [7, 11) is 1.57. The lowest BCUT2D eigenvalue weighted by atomic mass is 10.2. The lowest BCUT2D eigenvalue weighted by molar-refractivity contribution is -0.125. The van der Waals surface area contributed by atoms with Gasteiger partial charge in [-0.15, -0.1) is 12.4 Å². The largest absolute Gasteiger partial charge is 0.497 e. The molecule has 1 heterocycles. The van der Waals surface area contributed by atoms with Crippen LogP contribution in [0, 0.1) is 0 Å². The molecule has 1 unspecified atom stereocenters. The number of carbonyl (C=O) groups excluding carboxylic acids is 2. The van der Waals surface area contributed by atoms with Gasteiger partial charge >= 0.3 is 0 Å². The second kappa shape index (κ2) is 10.0. The van der Waals surface area contributed by atoms with Crippen molar-refractivity contribution in [3.63, 3.8) is 0 Å². The van der Waals surface area contributed by atoms with E-state index in [0.29, 0.717) is 44.2 Å². The molecule has 0 bridgehead atoms. The number of ether oxygens (including phenoxy) is 2. The Morgan fingerprint density at radius 1 is 1.26 bits per heavy atom. The summed E-state index contributed by atoms with van der Waals surface area (Å²) in [5.74, 6) is 0.403. The van der Waals surface area contributed by atoms with Gasteiger partial charge < -0.3 is 25.4 Å². The normalized spacial score (nSPS) is 16.8. The van der Waals surface area contributed by atoms with Crippen molar-refractivity contribution < 1.29 is 19.1 Å². The highest BCUT2D eigenvalue weighted by molar-refractivity contribution is 5.94. The Hall–Kier alpha value is -1.83. The van der Waals surface area contributed by atoms with Crippen LogP contribution >= 0.6 is 12.4 Å². The van der Waals surface area contributed by atoms with Gasteiger partial charge in [-0.2, -0.15) is 0 Å². The van der Waals surface area contributed by atoms with Gasteiger partial charge in [0, 0.05) is 25.2 Å². The minimum atomic E-state index is -0.314. The second-order valence-electron chi connectivity index (χ2n) is 4.86. The molecule has 0 aliphatic carbocycles. The van der Waals surface area contributed by atoms with E-state index in [1.54, 1.807) is 31.4 Å². The van der Waals surface area contributed by atoms with Crippen LogP contribution in [0.5, 0.6) is 5.75 Å². The van der Waals surface area contributed by atoms with Gasteiger partial charge in [-0.25, -0.2) is 0 Å². The lowest BCUT2D eigenvalue weighted by Crippen LogP contribution is -2.52. The minimum Gasteiger partial charge on any atom is -0.497 e. The molecule has 0 radical (unpaired) electrons. The molecule has 1 aromatic rings. The average Bonchev–Trinajstić information content (AvgIpc) is 2.59. The molecular formula is C15H22ClN3O4. The summed E-state index contributed by atoms with van der Waals surface area (Å²) in [6, 6.07) is 6.52. The second-order valence-corrected chi connectivity index (χ2v) is 4.86. The van der Waals surface area contributed by atoms with Crippen molar-refractivity contribution in [1.29, 1.82) is 0 Å². The Morgan fingerprint density at radius 2 is 1.96 bits per heavy atom. The Kier molecular flexibility index (Phi) is 8.39. The summed E-state index contributed by atoms with van der Waals surface area (Å²) >= 11 is 0. The summed E-state index contributed by atoms with van der Waals surface area (Å²) in [5.41, 5.74) is 0.550.